The predicted molar refractivity (Wildman–Crippen MR) is 168 cm³/mol. The van der Waals surface area contributed by atoms with Crippen molar-refractivity contribution in [1.29, 1.82) is 0 Å². The Morgan fingerprint density at radius 2 is 1.65 bits per heavy atom. The lowest BCUT2D eigenvalue weighted by molar-refractivity contribution is -0.142. The molecule has 0 radical (unpaired) electrons. The molecule has 0 aromatic heterocycles. The lowest BCUT2D eigenvalue weighted by Gasteiger charge is -2.51. The first kappa shape index (κ1) is 30.2. The molecule has 7 rings (SSSR count). The van der Waals surface area contributed by atoms with E-state index in [4.69, 9.17) is 23.2 Å². The van der Waals surface area contributed by atoms with E-state index in [9.17, 15) is 29.4 Å². The van der Waals surface area contributed by atoms with E-state index in [1.165, 1.54) is 17.0 Å². The van der Waals surface area contributed by atoms with Crippen LogP contribution in [0.1, 0.15) is 36.3 Å². The quantitative estimate of drug-likeness (QED) is 0.270. The minimum atomic E-state index is -1.49. The van der Waals surface area contributed by atoms with Crippen LogP contribution in [-0.2, 0) is 29.4 Å². The van der Waals surface area contributed by atoms with Gasteiger partial charge in [0.2, 0.25) is 23.6 Å². The summed E-state index contributed by atoms with van der Waals surface area (Å²) in [5.41, 5.74) is 0.617. The number of nitrogens with zero attached hydrogens (tertiary/aromatic N) is 2. The standard InChI is InChI=1S/C35H28Cl2N2O7/c36-19-7-4-8-20(15-19)39-32(44)26-17-25-22(11-12-24-29(25)33(45)38(31(24)43)14-13-28(41)42)30(23-10-9-21(40)16-27(23)37)35(26,34(39)46)18-5-2-1-3-6-18/h1-11,15-16,24-26,29-30,40H,12-14,17H2,(H,41,42)/t24-,25+,26-,29-,30+,35+/m0/s1. The molecule has 0 bridgehead atoms. The van der Waals surface area contributed by atoms with Crippen molar-refractivity contribution in [2.45, 2.75) is 30.6 Å². The molecular weight excluding hydrogens is 631 g/mol. The van der Waals surface area contributed by atoms with Crippen molar-refractivity contribution < 1.29 is 34.2 Å². The number of hydrogen-bond acceptors (Lipinski definition) is 6. The van der Waals surface area contributed by atoms with Crippen LogP contribution in [0.4, 0.5) is 5.69 Å². The third-order valence-electron chi connectivity index (χ3n) is 10.1. The second-order valence-electron chi connectivity index (χ2n) is 12.3. The number of carbonyl (C=O) groups is 5. The van der Waals surface area contributed by atoms with E-state index in [1.54, 1.807) is 42.5 Å². The fraction of sp³-hybridized carbons (Fsp3) is 0.286. The number of halogens is 2. The molecule has 1 saturated carbocycles. The molecule has 2 aliphatic carbocycles. The van der Waals surface area contributed by atoms with Gasteiger partial charge < -0.3 is 10.2 Å². The fourth-order valence-corrected chi connectivity index (χ4v) is 8.80. The summed E-state index contributed by atoms with van der Waals surface area (Å²) in [6, 6.07) is 20.0. The van der Waals surface area contributed by atoms with Gasteiger partial charge in [0.15, 0.2) is 0 Å². The van der Waals surface area contributed by atoms with Gasteiger partial charge in [-0.15, -0.1) is 0 Å². The van der Waals surface area contributed by atoms with Crippen molar-refractivity contribution >= 4 is 58.5 Å². The SMILES string of the molecule is O=C(O)CCN1C(=O)[C@H]2[C@H](CC=C3[C@H]2C[C@H]2C(=O)N(c4cccc(Cl)c4)C(=O)[C@@]2(c2ccccc2)[C@H]3c2ccc(O)cc2Cl)C1=O. The van der Waals surface area contributed by atoms with E-state index in [2.05, 4.69) is 0 Å². The summed E-state index contributed by atoms with van der Waals surface area (Å²) in [7, 11) is 0. The van der Waals surface area contributed by atoms with Gasteiger partial charge in [-0.05, 0) is 60.2 Å². The number of fused-ring (bicyclic) bond motifs is 4. The normalized spacial score (nSPS) is 28.6. The average molecular weight is 660 g/mol. The maximum Gasteiger partial charge on any atom is 0.305 e. The monoisotopic (exact) mass is 658 g/mol. The number of carboxylic acid groups (broad SMARTS) is 1. The topological polar surface area (TPSA) is 132 Å². The number of rotatable bonds is 6. The van der Waals surface area contributed by atoms with Crippen LogP contribution < -0.4 is 4.90 Å². The van der Waals surface area contributed by atoms with Gasteiger partial charge in [-0.2, -0.15) is 0 Å². The van der Waals surface area contributed by atoms with Gasteiger partial charge >= 0.3 is 5.97 Å². The number of imide groups is 2. The Labute approximate surface area is 274 Å². The van der Waals surface area contributed by atoms with E-state index >= 15 is 4.79 Å². The largest absolute Gasteiger partial charge is 0.508 e. The molecule has 6 atom stereocenters. The van der Waals surface area contributed by atoms with Gasteiger partial charge in [-0.1, -0.05) is 77.3 Å². The number of allylic oxidation sites excluding steroid dienone is 2. The third-order valence-corrected chi connectivity index (χ3v) is 10.7. The van der Waals surface area contributed by atoms with Gasteiger partial charge in [0, 0.05) is 22.5 Å². The van der Waals surface area contributed by atoms with E-state index in [-0.39, 0.29) is 36.6 Å². The number of aliphatic carboxylic acids is 1. The number of benzene rings is 3. The van der Waals surface area contributed by atoms with E-state index in [1.807, 2.05) is 24.3 Å². The number of aromatic hydroxyl groups is 1. The highest BCUT2D eigenvalue weighted by Crippen LogP contribution is 2.65. The molecule has 0 unspecified atom stereocenters. The Hall–Kier alpha value is -4.47. The van der Waals surface area contributed by atoms with Crippen molar-refractivity contribution in [2.24, 2.45) is 23.7 Å². The van der Waals surface area contributed by atoms with Crippen LogP contribution >= 0.6 is 23.2 Å². The van der Waals surface area contributed by atoms with Crippen LogP contribution in [0.3, 0.4) is 0 Å². The summed E-state index contributed by atoms with van der Waals surface area (Å²) < 4.78 is 0. The molecule has 4 aliphatic rings. The zero-order valence-corrected chi connectivity index (χ0v) is 25.8. The summed E-state index contributed by atoms with van der Waals surface area (Å²) in [5, 5.41) is 20.1. The number of anilines is 1. The van der Waals surface area contributed by atoms with Crippen LogP contribution in [0, 0.1) is 23.7 Å². The van der Waals surface area contributed by atoms with E-state index < -0.39 is 64.6 Å². The van der Waals surface area contributed by atoms with Gasteiger partial charge in [0.25, 0.3) is 0 Å². The second kappa shape index (κ2) is 11.1. The number of amides is 4. The summed E-state index contributed by atoms with van der Waals surface area (Å²) in [4.78, 5) is 70.7. The predicted octanol–water partition coefficient (Wildman–Crippen LogP) is 5.34. The van der Waals surface area contributed by atoms with Crippen molar-refractivity contribution in [2.75, 3.05) is 11.4 Å². The van der Waals surface area contributed by atoms with Crippen LogP contribution in [0.5, 0.6) is 5.75 Å². The Bertz CT molecular complexity index is 1860. The van der Waals surface area contributed by atoms with Crippen molar-refractivity contribution in [3.8, 4) is 5.75 Å². The third kappa shape index (κ3) is 4.32. The lowest BCUT2D eigenvalue weighted by atomic mass is 9.49. The maximum absolute atomic E-state index is 15.1. The number of phenolic OH excluding ortho intramolecular Hbond substituents is 1. The Balaban J connectivity index is 1.46. The summed E-state index contributed by atoms with van der Waals surface area (Å²) >= 11 is 13.2. The average Bonchev–Trinajstić information content (AvgIpc) is 3.41. The number of phenols is 1. The minimum absolute atomic E-state index is 0.0795. The van der Waals surface area contributed by atoms with Crippen LogP contribution in [0.25, 0.3) is 0 Å². The van der Waals surface area contributed by atoms with Gasteiger partial charge in [-0.3, -0.25) is 28.9 Å². The molecule has 9 nitrogen and oxygen atoms in total. The van der Waals surface area contributed by atoms with Gasteiger partial charge in [0.05, 0.1) is 35.3 Å². The molecule has 0 spiro atoms. The zero-order valence-electron chi connectivity index (χ0n) is 24.3. The fourth-order valence-electron chi connectivity index (χ4n) is 8.33. The van der Waals surface area contributed by atoms with Crippen molar-refractivity contribution in [1.82, 2.24) is 4.90 Å². The molecule has 2 N–H and O–H groups in total. The molecule has 2 aliphatic heterocycles. The molecular formula is C35H28Cl2N2O7. The van der Waals surface area contributed by atoms with E-state index in [0.717, 1.165) is 4.90 Å². The summed E-state index contributed by atoms with van der Waals surface area (Å²) in [6.07, 6.45) is 1.81. The molecule has 3 aromatic rings. The molecule has 46 heavy (non-hydrogen) atoms. The molecule has 3 fully saturated rings. The molecule has 2 heterocycles. The first-order valence-electron chi connectivity index (χ1n) is 15.0. The van der Waals surface area contributed by atoms with Gasteiger partial charge in [-0.25, -0.2) is 4.90 Å². The van der Waals surface area contributed by atoms with Gasteiger partial charge in [0.1, 0.15) is 5.75 Å². The highest BCUT2D eigenvalue weighted by atomic mass is 35.5. The maximum atomic E-state index is 15.1. The molecule has 2 saturated heterocycles. The lowest BCUT2D eigenvalue weighted by Crippen LogP contribution is -2.53. The zero-order chi connectivity index (χ0) is 32.5. The number of carboxylic acids is 1. The second-order valence-corrected chi connectivity index (χ2v) is 13.1. The first-order chi connectivity index (χ1) is 22.0. The molecule has 3 aromatic carbocycles. The Morgan fingerprint density at radius 3 is 2.35 bits per heavy atom. The smallest absolute Gasteiger partial charge is 0.305 e. The Kier molecular flexibility index (Phi) is 7.29. The number of hydrogen-bond donors (Lipinski definition) is 2. The number of likely N-dealkylation sites (tertiary alicyclic amines) is 1. The minimum Gasteiger partial charge on any atom is -0.508 e. The summed E-state index contributed by atoms with van der Waals surface area (Å²) in [5.74, 6) is -7.02. The highest BCUT2D eigenvalue weighted by molar-refractivity contribution is 6.33. The van der Waals surface area contributed by atoms with Crippen molar-refractivity contribution in [3.05, 3.63) is 106 Å². The summed E-state index contributed by atoms with van der Waals surface area (Å²) in [6.45, 7) is -0.243. The van der Waals surface area contributed by atoms with Crippen molar-refractivity contribution in [3.63, 3.8) is 0 Å². The molecule has 234 valence electrons. The molecule has 4 amide bonds. The molecule has 11 heteroatoms. The highest BCUT2D eigenvalue weighted by Gasteiger charge is 2.70. The van der Waals surface area contributed by atoms with Crippen LogP contribution in [0.15, 0.2) is 84.4 Å². The van der Waals surface area contributed by atoms with E-state index in [0.29, 0.717) is 27.4 Å². The Morgan fingerprint density at radius 1 is 0.891 bits per heavy atom. The van der Waals surface area contributed by atoms with Crippen LogP contribution in [-0.4, -0.2) is 51.3 Å². The van der Waals surface area contributed by atoms with Crippen LogP contribution in [0.2, 0.25) is 10.0 Å². The first-order valence-corrected chi connectivity index (χ1v) is 15.8. The number of carbonyl (C=O) groups excluding carboxylic acids is 4.